The molecule has 0 unspecified atom stereocenters. The molecule has 3 heterocycles. The van der Waals surface area contributed by atoms with Gasteiger partial charge in [-0.05, 0) is 45.1 Å². The number of carboxylic acids is 1. The molecule has 1 N–H and O–H groups in total. The summed E-state index contributed by atoms with van der Waals surface area (Å²) in [5.74, 6) is -0.484. The van der Waals surface area contributed by atoms with Crippen LogP contribution in [-0.4, -0.2) is 54.1 Å². The summed E-state index contributed by atoms with van der Waals surface area (Å²) in [5, 5.41) is 13.4. The monoisotopic (exact) mass is 331 g/mol. The maximum Gasteiger partial charge on any atom is 0.326 e. The molecule has 0 saturated carbocycles. The first kappa shape index (κ1) is 16.4. The number of hydrogen-bond donors (Lipinski definition) is 1. The number of aryl methyl sites for hydroxylation is 2. The number of piperidine rings is 1. The Morgan fingerprint density at radius 3 is 2.88 bits per heavy atom. The molecule has 0 aromatic carbocycles. The Labute approximate surface area is 139 Å². The van der Waals surface area contributed by atoms with Crippen molar-refractivity contribution in [1.82, 2.24) is 24.5 Å². The van der Waals surface area contributed by atoms with Gasteiger partial charge in [0.1, 0.15) is 12.4 Å². The van der Waals surface area contributed by atoms with E-state index in [4.69, 9.17) is 0 Å². The molecule has 8 nitrogen and oxygen atoms in total. The molecule has 1 fully saturated rings. The molecule has 1 amide bonds. The van der Waals surface area contributed by atoms with E-state index in [-0.39, 0.29) is 12.3 Å². The molecule has 24 heavy (non-hydrogen) atoms. The summed E-state index contributed by atoms with van der Waals surface area (Å²) in [6, 6.07) is -0.690. The predicted molar refractivity (Wildman–Crippen MR) is 85.6 cm³/mol. The zero-order chi connectivity index (χ0) is 17.3. The van der Waals surface area contributed by atoms with Gasteiger partial charge >= 0.3 is 5.97 Å². The maximum atomic E-state index is 12.5. The minimum Gasteiger partial charge on any atom is -0.480 e. The van der Waals surface area contributed by atoms with Crippen LogP contribution in [0.4, 0.5) is 0 Å². The zero-order valence-corrected chi connectivity index (χ0v) is 13.9. The number of aliphatic carboxylic acids is 1. The van der Waals surface area contributed by atoms with Gasteiger partial charge in [0.25, 0.3) is 5.78 Å². The highest BCUT2D eigenvalue weighted by Gasteiger charge is 2.31. The second kappa shape index (κ2) is 6.54. The van der Waals surface area contributed by atoms with Crippen molar-refractivity contribution in [1.29, 1.82) is 0 Å². The van der Waals surface area contributed by atoms with Gasteiger partial charge in [0, 0.05) is 24.4 Å². The third kappa shape index (κ3) is 2.95. The Bertz CT molecular complexity index is 785. The molecule has 128 valence electrons. The number of fused-ring (bicyclic) bond motifs is 1. The van der Waals surface area contributed by atoms with E-state index < -0.39 is 12.0 Å². The number of likely N-dealkylation sites (tertiary alicyclic amines) is 1. The van der Waals surface area contributed by atoms with Gasteiger partial charge in [-0.3, -0.25) is 4.79 Å². The number of amides is 1. The lowest BCUT2D eigenvalue weighted by atomic mass is 10.0. The number of aromatic nitrogens is 4. The summed E-state index contributed by atoms with van der Waals surface area (Å²) in [4.78, 5) is 33.9. The van der Waals surface area contributed by atoms with Crippen LogP contribution >= 0.6 is 0 Å². The second-order valence-electron chi connectivity index (χ2n) is 6.17. The second-order valence-corrected chi connectivity index (χ2v) is 6.17. The van der Waals surface area contributed by atoms with Gasteiger partial charge < -0.3 is 10.0 Å². The Kier molecular flexibility index (Phi) is 4.46. The molecule has 8 heteroatoms. The molecule has 0 aliphatic carbocycles. The molecule has 1 atom stereocenters. The Morgan fingerprint density at radius 2 is 2.12 bits per heavy atom. The summed E-state index contributed by atoms with van der Waals surface area (Å²) < 4.78 is 1.66. The Morgan fingerprint density at radius 1 is 1.33 bits per heavy atom. The highest BCUT2D eigenvalue weighted by Crippen LogP contribution is 2.20. The maximum absolute atomic E-state index is 12.5. The minimum atomic E-state index is -0.916. The Hall–Kier alpha value is -2.51. The van der Waals surface area contributed by atoms with Crippen LogP contribution in [0.15, 0.2) is 6.33 Å². The number of carboxylic acid groups (broad SMARTS) is 1. The van der Waals surface area contributed by atoms with Crippen molar-refractivity contribution in [2.75, 3.05) is 6.54 Å². The first-order chi connectivity index (χ1) is 11.5. The highest BCUT2D eigenvalue weighted by molar-refractivity contribution is 5.84. The van der Waals surface area contributed by atoms with Crippen LogP contribution in [0.1, 0.15) is 42.6 Å². The molecular formula is C16H21N5O3. The van der Waals surface area contributed by atoms with E-state index in [1.165, 1.54) is 11.2 Å². The van der Waals surface area contributed by atoms with Crippen LogP contribution in [-0.2, 0) is 16.0 Å². The fourth-order valence-corrected chi connectivity index (χ4v) is 3.38. The van der Waals surface area contributed by atoms with E-state index in [9.17, 15) is 14.7 Å². The summed E-state index contributed by atoms with van der Waals surface area (Å²) in [6.07, 6.45) is 4.49. The number of nitrogens with zero attached hydrogens (tertiary/aromatic N) is 5. The Balaban J connectivity index is 1.75. The lowest BCUT2D eigenvalue weighted by Crippen LogP contribution is -2.48. The molecule has 0 spiro atoms. The predicted octanol–water partition coefficient (Wildman–Crippen LogP) is 1.14. The van der Waals surface area contributed by atoms with Crippen molar-refractivity contribution in [3.63, 3.8) is 0 Å². The fraction of sp³-hybridized carbons (Fsp3) is 0.562. The van der Waals surface area contributed by atoms with Crippen molar-refractivity contribution in [3.05, 3.63) is 23.3 Å². The topological polar surface area (TPSA) is 101 Å². The van der Waals surface area contributed by atoms with Crippen molar-refractivity contribution in [2.24, 2.45) is 0 Å². The van der Waals surface area contributed by atoms with Gasteiger partial charge in [-0.25, -0.2) is 14.3 Å². The summed E-state index contributed by atoms with van der Waals surface area (Å²) >= 11 is 0. The summed E-state index contributed by atoms with van der Waals surface area (Å²) in [5.41, 5.74) is 2.70. The van der Waals surface area contributed by atoms with Crippen LogP contribution in [0.5, 0.6) is 0 Å². The van der Waals surface area contributed by atoms with E-state index in [2.05, 4.69) is 15.1 Å². The van der Waals surface area contributed by atoms with Gasteiger partial charge in [0.15, 0.2) is 0 Å². The van der Waals surface area contributed by atoms with Crippen molar-refractivity contribution < 1.29 is 14.7 Å². The number of carbonyl (C=O) groups is 2. The van der Waals surface area contributed by atoms with Crippen molar-refractivity contribution >= 4 is 17.7 Å². The van der Waals surface area contributed by atoms with E-state index >= 15 is 0 Å². The van der Waals surface area contributed by atoms with Crippen LogP contribution in [0, 0.1) is 13.8 Å². The molecule has 1 saturated heterocycles. The first-order valence-corrected chi connectivity index (χ1v) is 8.17. The summed E-state index contributed by atoms with van der Waals surface area (Å²) in [6.45, 7) is 4.34. The minimum absolute atomic E-state index is 0.111. The molecule has 2 aromatic rings. The molecule has 1 aliphatic rings. The van der Waals surface area contributed by atoms with Crippen molar-refractivity contribution in [3.8, 4) is 0 Å². The number of hydrogen-bond acceptors (Lipinski definition) is 5. The SMILES string of the molecule is Cc1nc2ncnn2c(C)c1CCC(=O)N1CCCC[C@@H]1C(=O)O. The van der Waals surface area contributed by atoms with E-state index in [0.717, 1.165) is 29.8 Å². The molecule has 1 aliphatic heterocycles. The lowest BCUT2D eigenvalue weighted by molar-refractivity contribution is -0.152. The molecule has 0 radical (unpaired) electrons. The quantitative estimate of drug-likeness (QED) is 0.901. The average molecular weight is 331 g/mol. The zero-order valence-electron chi connectivity index (χ0n) is 13.9. The standard InChI is InChI=1S/C16H21N5O3/c1-10-12(11(2)21-16(19-10)17-9-18-21)6-7-14(22)20-8-4-3-5-13(20)15(23)24/h9,13H,3-8H2,1-2H3,(H,23,24)/t13-/m1/s1. The van der Waals surface area contributed by atoms with Crippen LogP contribution < -0.4 is 0 Å². The van der Waals surface area contributed by atoms with Crippen LogP contribution in [0.3, 0.4) is 0 Å². The highest BCUT2D eigenvalue weighted by atomic mass is 16.4. The van der Waals surface area contributed by atoms with Gasteiger partial charge in [0.2, 0.25) is 5.91 Å². The van der Waals surface area contributed by atoms with E-state index in [0.29, 0.717) is 25.2 Å². The van der Waals surface area contributed by atoms with Crippen molar-refractivity contribution in [2.45, 2.75) is 52.0 Å². The molecule has 2 aromatic heterocycles. The van der Waals surface area contributed by atoms with Gasteiger partial charge in [0.05, 0.1) is 0 Å². The van der Waals surface area contributed by atoms with Gasteiger partial charge in [-0.1, -0.05) is 0 Å². The third-order valence-electron chi connectivity index (χ3n) is 4.69. The first-order valence-electron chi connectivity index (χ1n) is 8.17. The van der Waals surface area contributed by atoms with E-state index in [1.54, 1.807) is 4.52 Å². The molecule has 3 rings (SSSR count). The lowest BCUT2D eigenvalue weighted by Gasteiger charge is -2.33. The largest absolute Gasteiger partial charge is 0.480 e. The van der Waals surface area contributed by atoms with Crippen LogP contribution in [0.2, 0.25) is 0 Å². The van der Waals surface area contributed by atoms with Crippen LogP contribution in [0.25, 0.3) is 5.78 Å². The number of rotatable bonds is 4. The fourth-order valence-electron chi connectivity index (χ4n) is 3.38. The summed E-state index contributed by atoms with van der Waals surface area (Å²) in [7, 11) is 0. The van der Waals surface area contributed by atoms with Gasteiger partial charge in [-0.15, -0.1) is 0 Å². The molecular weight excluding hydrogens is 310 g/mol. The smallest absolute Gasteiger partial charge is 0.326 e. The number of carbonyl (C=O) groups excluding carboxylic acids is 1. The average Bonchev–Trinajstić information content (AvgIpc) is 3.02. The third-order valence-corrected chi connectivity index (χ3v) is 4.69. The van der Waals surface area contributed by atoms with E-state index in [1.807, 2.05) is 13.8 Å². The molecule has 0 bridgehead atoms. The normalized spacial score (nSPS) is 18.1. The van der Waals surface area contributed by atoms with Gasteiger partial charge in [-0.2, -0.15) is 10.1 Å².